The van der Waals surface area contributed by atoms with Crippen molar-refractivity contribution in [1.82, 2.24) is 4.98 Å². The van der Waals surface area contributed by atoms with Crippen molar-refractivity contribution in [2.45, 2.75) is 13.8 Å². The number of nitrogens with one attached hydrogen (secondary N) is 1. The van der Waals surface area contributed by atoms with Crippen molar-refractivity contribution in [3.05, 3.63) is 69.6 Å². The molecule has 0 aliphatic heterocycles. The van der Waals surface area contributed by atoms with Crippen LogP contribution < -0.4 is 14.8 Å². The molecule has 0 aliphatic rings. The zero-order chi connectivity index (χ0) is 22.2. The number of nitro groups is 1. The molecule has 0 spiro atoms. The molecule has 0 atom stereocenters. The Bertz CT molecular complexity index is 1110. The van der Waals surface area contributed by atoms with Crippen LogP contribution in [0.1, 0.15) is 19.4 Å². The van der Waals surface area contributed by atoms with E-state index in [0.717, 1.165) is 5.56 Å². The summed E-state index contributed by atoms with van der Waals surface area (Å²) in [5.41, 5.74) is 1.94. The third kappa shape index (κ3) is 5.89. The van der Waals surface area contributed by atoms with E-state index in [4.69, 9.17) is 9.47 Å². The van der Waals surface area contributed by atoms with Crippen molar-refractivity contribution in [3.8, 4) is 22.8 Å². The van der Waals surface area contributed by atoms with E-state index in [1.807, 2.05) is 26.0 Å². The molecule has 3 rings (SSSR count). The van der Waals surface area contributed by atoms with Gasteiger partial charge in [-0.15, -0.1) is 11.3 Å². The van der Waals surface area contributed by atoms with Gasteiger partial charge in [-0.05, 0) is 37.6 Å². The first-order valence-corrected chi connectivity index (χ1v) is 10.5. The maximum absolute atomic E-state index is 12.3. The van der Waals surface area contributed by atoms with E-state index in [1.54, 1.807) is 29.7 Å². The predicted molar refractivity (Wildman–Crippen MR) is 121 cm³/mol. The molecule has 3 aromatic rings. The molecular weight excluding hydrogens is 418 g/mol. The van der Waals surface area contributed by atoms with Gasteiger partial charge in [0, 0.05) is 29.2 Å². The number of benzene rings is 2. The summed E-state index contributed by atoms with van der Waals surface area (Å²) in [6.45, 7) is 4.83. The van der Waals surface area contributed by atoms with Crippen molar-refractivity contribution in [3.63, 3.8) is 0 Å². The quantitative estimate of drug-likeness (QED) is 0.280. The normalized spacial score (nSPS) is 10.8. The van der Waals surface area contributed by atoms with Crippen LogP contribution in [0.3, 0.4) is 0 Å². The molecule has 0 aliphatic carbocycles. The van der Waals surface area contributed by atoms with Crippen LogP contribution in [0.2, 0.25) is 0 Å². The summed E-state index contributed by atoms with van der Waals surface area (Å²) < 4.78 is 11.1. The number of carbonyl (C=O) groups excluding carboxylic acids is 1. The van der Waals surface area contributed by atoms with Crippen molar-refractivity contribution in [2.75, 3.05) is 18.5 Å². The minimum Gasteiger partial charge on any atom is -0.490 e. The molecular formula is C22H21N3O5S. The third-order valence-corrected chi connectivity index (χ3v) is 4.84. The van der Waals surface area contributed by atoms with E-state index in [0.29, 0.717) is 41.1 Å². The Labute approximate surface area is 183 Å². The van der Waals surface area contributed by atoms with Gasteiger partial charge in [0.15, 0.2) is 16.6 Å². The summed E-state index contributed by atoms with van der Waals surface area (Å²) in [5, 5.41) is 15.8. The molecule has 9 heteroatoms. The SMILES string of the molecule is CCOc1ccc(/C=C/C(=O)Nc2nc(-c3cccc([N+](=O)[O-])c3)cs2)cc1OCC. The molecule has 1 amide bonds. The predicted octanol–water partition coefficient (Wildman–Crippen LogP) is 5.17. The third-order valence-electron chi connectivity index (χ3n) is 4.08. The smallest absolute Gasteiger partial charge is 0.270 e. The minimum absolute atomic E-state index is 0.0132. The van der Waals surface area contributed by atoms with Crippen molar-refractivity contribution in [2.24, 2.45) is 0 Å². The van der Waals surface area contributed by atoms with Gasteiger partial charge < -0.3 is 9.47 Å². The Kier molecular flexibility index (Phi) is 7.34. The number of hydrogen-bond acceptors (Lipinski definition) is 7. The van der Waals surface area contributed by atoms with E-state index in [9.17, 15) is 14.9 Å². The van der Waals surface area contributed by atoms with Gasteiger partial charge in [-0.25, -0.2) is 4.98 Å². The van der Waals surface area contributed by atoms with Gasteiger partial charge in [0.05, 0.1) is 23.8 Å². The van der Waals surface area contributed by atoms with Crippen LogP contribution in [0.5, 0.6) is 11.5 Å². The lowest BCUT2D eigenvalue weighted by Gasteiger charge is -2.11. The van der Waals surface area contributed by atoms with Gasteiger partial charge in [-0.2, -0.15) is 0 Å². The first-order chi connectivity index (χ1) is 15.0. The molecule has 1 heterocycles. The summed E-state index contributed by atoms with van der Waals surface area (Å²) in [6, 6.07) is 11.6. The lowest BCUT2D eigenvalue weighted by atomic mass is 10.1. The molecule has 160 valence electrons. The zero-order valence-corrected chi connectivity index (χ0v) is 17.8. The van der Waals surface area contributed by atoms with Crippen molar-refractivity contribution >= 4 is 34.1 Å². The first kappa shape index (κ1) is 22.0. The largest absolute Gasteiger partial charge is 0.490 e. The molecule has 1 N–H and O–H groups in total. The lowest BCUT2D eigenvalue weighted by Crippen LogP contribution is -2.07. The fraction of sp³-hybridized carbons (Fsp3) is 0.182. The lowest BCUT2D eigenvalue weighted by molar-refractivity contribution is -0.384. The number of amides is 1. The van der Waals surface area contributed by atoms with Gasteiger partial charge in [-0.1, -0.05) is 18.2 Å². The van der Waals surface area contributed by atoms with E-state index in [2.05, 4.69) is 10.3 Å². The van der Waals surface area contributed by atoms with Gasteiger partial charge in [-0.3, -0.25) is 20.2 Å². The van der Waals surface area contributed by atoms with Crippen LogP contribution in [0.25, 0.3) is 17.3 Å². The molecule has 31 heavy (non-hydrogen) atoms. The van der Waals surface area contributed by atoms with Crippen LogP contribution in [-0.2, 0) is 4.79 Å². The molecule has 8 nitrogen and oxygen atoms in total. The van der Waals surface area contributed by atoms with Crippen LogP contribution in [0.15, 0.2) is 53.9 Å². The highest BCUT2D eigenvalue weighted by molar-refractivity contribution is 7.14. The average Bonchev–Trinajstić information content (AvgIpc) is 3.22. The molecule has 0 fully saturated rings. The van der Waals surface area contributed by atoms with Crippen LogP contribution in [0, 0.1) is 10.1 Å². The van der Waals surface area contributed by atoms with Gasteiger partial charge in [0.25, 0.3) is 5.69 Å². The second kappa shape index (κ2) is 10.4. The Hall–Kier alpha value is -3.72. The zero-order valence-electron chi connectivity index (χ0n) is 17.0. The van der Waals surface area contributed by atoms with Gasteiger partial charge in [0.2, 0.25) is 5.91 Å². The summed E-state index contributed by atoms with van der Waals surface area (Å²) in [4.78, 5) is 27.1. The Morgan fingerprint density at radius 2 is 1.94 bits per heavy atom. The molecule has 2 aromatic carbocycles. The number of anilines is 1. The molecule has 0 radical (unpaired) electrons. The second-order valence-electron chi connectivity index (χ2n) is 6.24. The first-order valence-electron chi connectivity index (χ1n) is 9.59. The summed E-state index contributed by atoms with van der Waals surface area (Å²) in [5.74, 6) is 0.933. The molecule has 0 unspecified atom stereocenters. The fourth-order valence-corrected chi connectivity index (χ4v) is 3.46. The minimum atomic E-state index is -0.457. The Morgan fingerprint density at radius 1 is 1.16 bits per heavy atom. The monoisotopic (exact) mass is 439 g/mol. The van der Waals surface area contributed by atoms with E-state index >= 15 is 0 Å². The average molecular weight is 439 g/mol. The number of nitrogens with zero attached hydrogens (tertiary/aromatic N) is 2. The van der Waals surface area contributed by atoms with Crippen LogP contribution in [-0.4, -0.2) is 29.0 Å². The van der Waals surface area contributed by atoms with E-state index in [-0.39, 0.29) is 11.6 Å². The number of non-ortho nitro benzene ring substituents is 1. The number of nitro benzene ring substituents is 1. The summed E-state index contributed by atoms with van der Waals surface area (Å²) >= 11 is 1.24. The summed E-state index contributed by atoms with van der Waals surface area (Å²) in [7, 11) is 0. The van der Waals surface area contributed by atoms with E-state index < -0.39 is 4.92 Å². The highest BCUT2D eigenvalue weighted by Crippen LogP contribution is 2.29. The number of rotatable bonds is 9. The fourth-order valence-electron chi connectivity index (χ4n) is 2.73. The molecule has 0 saturated carbocycles. The van der Waals surface area contributed by atoms with Gasteiger partial charge >= 0.3 is 0 Å². The molecule has 0 bridgehead atoms. The number of carbonyl (C=O) groups is 1. The number of ether oxygens (including phenoxy) is 2. The Morgan fingerprint density at radius 3 is 2.68 bits per heavy atom. The highest BCUT2D eigenvalue weighted by atomic mass is 32.1. The number of thiazole rings is 1. The maximum Gasteiger partial charge on any atom is 0.270 e. The maximum atomic E-state index is 12.3. The topological polar surface area (TPSA) is 104 Å². The second-order valence-corrected chi connectivity index (χ2v) is 7.10. The standard InChI is InChI=1S/C22H21N3O5S/c1-3-29-19-10-8-15(12-20(19)30-4-2)9-11-21(26)24-22-23-18(14-31-22)16-6-5-7-17(13-16)25(27)28/h5-14H,3-4H2,1-2H3,(H,23,24,26)/b11-9+. The molecule has 1 aromatic heterocycles. The van der Waals surface area contributed by atoms with Crippen molar-refractivity contribution in [1.29, 1.82) is 0 Å². The van der Waals surface area contributed by atoms with Gasteiger partial charge in [0.1, 0.15) is 0 Å². The Balaban J connectivity index is 1.67. The number of hydrogen-bond donors (Lipinski definition) is 1. The molecule has 0 saturated heterocycles. The van der Waals surface area contributed by atoms with Crippen LogP contribution in [0.4, 0.5) is 10.8 Å². The van der Waals surface area contributed by atoms with Crippen LogP contribution >= 0.6 is 11.3 Å². The number of aromatic nitrogens is 1. The highest BCUT2D eigenvalue weighted by Gasteiger charge is 2.11. The summed E-state index contributed by atoms with van der Waals surface area (Å²) in [6.07, 6.45) is 3.07. The van der Waals surface area contributed by atoms with Crippen molar-refractivity contribution < 1.29 is 19.2 Å². The van der Waals surface area contributed by atoms with E-state index in [1.165, 1.54) is 29.5 Å².